The van der Waals surface area contributed by atoms with Gasteiger partial charge in [0.05, 0.1) is 10.9 Å². The van der Waals surface area contributed by atoms with Gasteiger partial charge in [-0.15, -0.1) is 0 Å². The van der Waals surface area contributed by atoms with Gasteiger partial charge >= 0.3 is 11.8 Å². The van der Waals surface area contributed by atoms with Crippen LogP contribution in [-0.4, -0.2) is 39.4 Å². The molecule has 0 saturated carbocycles. The van der Waals surface area contributed by atoms with Crippen LogP contribution in [0.5, 0.6) is 0 Å². The molecule has 0 aliphatic carbocycles. The summed E-state index contributed by atoms with van der Waals surface area (Å²) < 4.78 is 1.75. The maximum atomic E-state index is 13.0. The lowest BCUT2D eigenvalue weighted by Crippen LogP contribution is -2.41. The van der Waals surface area contributed by atoms with Gasteiger partial charge in [-0.1, -0.05) is 42.8 Å². The molecule has 0 bridgehead atoms. The summed E-state index contributed by atoms with van der Waals surface area (Å²) in [6, 6.07) is 15.1. The van der Waals surface area contributed by atoms with Crippen molar-refractivity contribution in [2.75, 3.05) is 18.4 Å². The van der Waals surface area contributed by atoms with Crippen molar-refractivity contribution >= 4 is 34.0 Å². The highest BCUT2D eigenvalue weighted by molar-refractivity contribution is 6.39. The molecule has 1 aromatic heterocycles. The van der Waals surface area contributed by atoms with E-state index in [-0.39, 0.29) is 5.56 Å². The average Bonchev–Trinajstić information content (AvgIpc) is 3.10. The minimum Gasteiger partial charge on any atom is -0.330 e. The highest BCUT2D eigenvalue weighted by Gasteiger charge is 2.24. The minimum absolute atomic E-state index is 0.0889. The van der Waals surface area contributed by atoms with Crippen molar-refractivity contribution in [2.45, 2.75) is 38.6 Å². The van der Waals surface area contributed by atoms with Crippen molar-refractivity contribution in [3.05, 3.63) is 76.3 Å². The van der Waals surface area contributed by atoms with E-state index in [4.69, 9.17) is 0 Å². The molecule has 0 unspecified atom stereocenters. The van der Waals surface area contributed by atoms with Crippen molar-refractivity contribution in [2.24, 2.45) is 0 Å². The molecule has 33 heavy (non-hydrogen) atoms. The first-order valence-electron chi connectivity index (χ1n) is 11.5. The summed E-state index contributed by atoms with van der Waals surface area (Å²) in [4.78, 5) is 44.6. The molecule has 0 spiro atoms. The topological polar surface area (TPSA) is 84.3 Å². The molecule has 2 amide bonds. The molecular formula is C26H26N4O3. The second kappa shape index (κ2) is 9.02. The smallest absolute Gasteiger partial charge is 0.313 e. The van der Waals surface area contributed by atoms with E-state index in [1.165, 1.54) is 5.57 Å². The number of hydrogen-bond donors (Lipinski definition) is 1. The van der Waals surface area contributed by atoms with Gasteiger partial charge < -0.3 is 10.2 Å². The number of aromatic nitrogens is 2. The molecule has 168 valence electrons. The first-order valence-corrected chi connectivity index (χ1v) is 11.5. The third kappa shape index (κ3) is 4.31. The fourth-order valence-electron chi connectivity index (χ4n) is 4.59. The summed E-state index contributed by atoms with van der Waals surface area (Å²) >= 11 is 0. The minimum atomic E-state index is -0.700. The van der Waals surface area contributed by atoms with E-state index in [0.717, 1.165) is 37.1 Å². The second-order valence-electron chi connectivity index (χ2n) is 8.58. The monoisotopic (exact) mass is 442 g/mol. The van der Waals surface area contributed by atoms with Gasteiger partial charge in [0.2, 0.25) is 0 Å². The third-order valence-corrected chi connectivity index (χ3v) is 6.41. The van der Waals surface area contributed by atoms with E-state index in [9.17, 15) is 14.4 Å². The van der Waals surface area contributed by atoms with Crippen molar-refractivity contribution in [3.8, 4) is 0 Å². The Morgan fingerprint density at radius 2 is 1.79 bits per heavy atom. The number of rotatable bonds is 2. The lowest BCUT2D eigenvalue weighted by molar-refractivity contribution is -0.142. The van der Waals surface area contributed by atoms with Crippen molar-refractivity contribution in [1.29, 1.82) is 0 Å². The van der Waals surface area contributed by atoms with Crippen LogP contribution in [0, 0.1) is 0 Å². The Labute approximate surface area is 191 Å². The largest absolute Gasteiger partial charge is 0.330 e. The standard InChI is InChI=1S/C26H26N4O3/c31-24(26(33)29-15-12-19(13-16-29)18-7-3-1-4-8-18)27-20-10-11-22-21(17-20)25(32)30-14-6-2-5-9-23(30)28-22/h1,3-4,7-8,10-12,17H,2,5-6,9,13-16H2,(H,27,31). The second-order valence-corrected chi connectivity index (χ2v) is 8.58. The highest BCUT2D eigenvalue weighted by Crippen LogP contribution is 2.22. The van der Waals surface area contributed by atoms with Gasteiger partial charge in [-0.05, 0) is 48.6 Å². The predicted octanol–water partition coefficient (Wildman–Crippen LogP) is 3.38. The fourth-order valence-corrected chi connectivity index (χ4v) is 4.59. The van der Waals surface area contributed by atoms with Crippen LogP contribution in [0.3, 0.4) is 0 Å². The van der Waals surface area contributed by atoms with E-state index < -0.39 is 11.8 Å². The van der Waals surface area contributed by atoms with Crippen molar-refractivity contribution in [1.82, 2.24) is 14.5 Å². The van der Waals surface area contributed by atoms with E-state index in [0.29, 0.717) is 42.6 Å². The number of carbonyl (C=O) groups excluding carboxylic acids is 2. The Bertz CT molecular complexity index is 1310. The van der Waals surface area contributed by atoms with Crippen LogP contribution in [0.4, 0.5) is 5.69 Å². The lowest BCUT2D eigenvalue weighted by atomic mass is 9.99. The van der Waals surface area contributed by atoms with Crippen LogP contribution in [-0.2, 0) is 22.6 Å². The van der Waals surface area contributed by atoms with Crippen molar-refractivity contribution in [3.63, 3.8) is 0 Å². The van der Waals surface area contributed by atoms with E-state index in [1.54, 1.807) is 27.7 Å². The molecule has 0 fully saturated rings. The van der Waals surface area contributed by atoms with Gasteiger partial charge in [0.25, 0.3) is 5.56 Å². The number of amides is 2. The van der Waals surface area contributed by atoms with Gasteiger partial charge in [-0.25, -0.2) is 4.98 Å². The maximum Gasteiger partial charge on any atom is 0.313 e. The van der Waals surface area contributed by atoms with Crippen LogP contribution >= 0.6 is 0 Å². The summed E-state index contributed by atoms with van der Waals surface area (Å²) in [5.41, 5.74) is 3.28. The molecular weight excluding hydrogens is 416 g/mol. The number of aryl methyl sites for hydroxylation is 1. The molecule has 2 aromatic carbocycles. The van der Waals surface area contributed by atoms with Gasteiger partial charge in [0, 0.05) is 31.7 Å². The maximum absolute atomic E-state index is 13.0. The van der Waals surface area contributed by atoms with Crippen molar-refractivity contribution < 1.29 is 9.59 Å². The summed E-state index contributed by atoms with van der Waals surface area (Å²) in [5.74, 6) is -0.450. The number of anilines is 1. The molecule has 0 radical (unpaired) electrons. The first kappa shape index (κ1) is 21.1. The SMILES string of the molecule is O=C(Nc1ccc2nc3n(c(=O)c2c1)CCCCC3)C(=O)N1CC=C(c2ccccc2)CC1. The molecule has 7 nitrogen and oxygen atoms in total. The van der Waals surface area contributed by atoms with Crippen LogP contribution in [0.25, 0.3) is 16.5 Å². The lowest BCUT2D eigenvalue weighted by Gasteiger charge is -2.26. The number of benzene rings is 2. The molecule has 3 aromatic rings. The molecule has 0 saturated heterocycles. The Balaban J connectivity index is 1.31. The zero-order valence-corrected chi connectivity index (χ0v) is 18.4. The van der Waals surface area contributed by atoms with Gasteiger partial charge in [-0.3, -0.25) is 19.0 Å². The van der Waals surface area contributed by atoms with Gasteiger partial charge in [0.15, 0.2) is 0 Å². The highest BCUT2D eigenvalue weighted by atomic mass is 16.2. The molecule has 0 atom stereocenters. The average molecular weight is 443 g/mol. The Morgan fingerprint density at radius 1 is 0.939 bits per heavy atom. The summed E-state index contributed by atoms with van der Waals surface area (Å²) in [5, 5.41) is 3.12. The molecule has 2 aliphatic rings. The quantitative estimate of drug-likeness (QED) is 0.617. The summed E-state index contributed by atoms with van der Waals surface area (Å²) in [6.07, 6.45) is 6.58. The van der Waals surface area contributed by atoms with Gasteiger partial charge in [-0.2, -0.15) is 0 Å². The Hall–Kier alpha value is -3.74. The Kier molecular flexibility index (Phi) is 5.77. The normalized spacial score (nSPS) is 16.0. The molecule has 7 heteroatoms. The zero-order valence-electron chi connectivity index (χ0n) is 18.4. The van der Waals surface area contributed by atoms with Crippen LogP contribution in [0.15, 0.2) is 59.4 Å². The fraction of sp³-hybridized carbons (Fsp3) is 0.308. The third-order valence-electron chi connectivity index (χ3n) is 6.41. The van der Waals surface area contributed by atoms with Gasteiger partial charge in [0.1, 0.15) is 5.82 Å². The van der Waals surface area contributed by atoms with E-state index in [2.05, 4.69) is 10.3 Å². The van der Waals surface area contributed by atoms with E-state index in [1.807, 2.05) is 36.4 Å². The first-order chi connectivity index (χ1) is 16.1. The number of fused-ring (bicyclic) bond motifs is 2. The molecule has 1 N–H and O–H groups in total. The summed E-state index contributed by atoms with van der Waals surface area (Å²) in [7, 11) is 0. The number of nitrogens with zero attached hydrogens (tertiary/aromatic N) is 3. The zero-order chi connectivity index (χ0) is 22.8. The Morgan fingerprint density at radius 3 is 2.58 bits per heavy atom. The molecule has 2 aliphatic heterocycles. The number of hydrogen-bond acceptors (Lipinski definition) is 4. The van der Waals surface area contributed by atoms with Crippen LogP contribution < -0.4 is 10.9 Å². The molecule has 3 heterocycles. The summed E-state index contributed by atoms with van der Waals surface area (Å²) in [6.45, 7) is 1.55. The predicted molar refractivity (Wildman–Crippen MR) is 128 cm³/mol. The number of nitrogens with one attached hydrogen (secondary N) is 1. The number of carbonyl (C=O) groups is 2. The van der Waals surface area contributed by atoms with Crippen LogP contribution in [0.1, 0.15) is 37.1 Å². The van der Waals surface area contributed by atoms with Crippen LogP contribution in [0.2, 0.25) is 0 Å². The van der Waals surface area contributed by atoms with E-state index >= 15 is 0 Å². The molecule has 5 rings (SSSR count).